The molecule has 6 nitrogen and oxygen atoms in total. The van der Waals surface area contributed by atoms with Crippen molar-refractivity contribution in [3.05, 3.63) is 28.8 Å². The van der Waals surface area contributed by atoms with Crippen LogP contribution in [0.5, 0.6) is 0 Å². The summed E-state index contributed by atoms with van der Waals surface area (Å²) in [7, 11) is 1.20. The highest BCUT2D eigenvalue weighted by molar-refractivity contribution is 6.07. The Labute approximate surface area is 138 Å². The van der Waals surface area contributed by atoms with Crippen LogP contribution in [0.2, 0.25) is 0 Å². The van der Waals surface area contributed by atoms with Gasteiger partial charge in [0.15, 0.2) is 11.6 Å². The minimum Gasteiger partial charge on any atom is -0.465 e. The molecular weight excluding hydrogens is 320 g/mol. The summed E-state index contributed by atoms with van der Waals surface area (Å²) in [5.41, 5.74) is 0.378. The first-order valence-corrected chi connectivity index (χ1v) is 7.79. The van der Waals surface area contributed by atoms with Crippen molar-refractivity contribution in [2.75, 3.05) is 51.8 Å². The van der Waals surface area contributed by atoms with Gasteiger partial charge in [-0.05, 0) is 6.07 Å². The molecule has 0 aliphatic carbocycles. The summed E-state index contributed by atoms with van der Waals surface area (Å²) >= 11 is 0. The predicted octanol–water partition coefficient (Wildman–Crippen LogP) is 1.45. The van der Waals surface area contributed by atoms with E-state index in [1.165, 1.54) is 7.11 Å². The van der Waals surface area contributed by atoms with Crippen LogP contribution in [0, 0.1) is 11.6 Å². The number of halogens is 2. The number of aliphatic imine (C=N–C) groups is 1. The molecule has 2 aliphatic rings. The molecule has 24 heavy (non-hydrogen) atoms. The number of esters is 1. The zero-order chi connectivity index (χ0) is 17.1. The van der Waals surface area contributed by atoms with Crippen LogP contribution < -0.4 is 5.32 Å². The van der Waals surface area contributed by atoms with Gasteiger partial charge >= 0.3 is 5.97 Å². The molecule has 0 atom stereocenters. The highest BCUT2D eigenvalue weighted by atomic mass is 19.2. The number of carbonyl (C=O) groups excluding carboxylic acids is 1. The van der Waals surface area contributed by atoms with Crippen molar-refractivity contribution in [2.45, 2.75) is 6.42 Å². The Morgan fingerprint density at radius 1 is 1.42 bits per heavy atom. The topological polar surface area (TPSA) is 63.2 Å². The largest absolute Gasteiger partial charge is 0.465 e. The number of benzene rings is 1. The Morgan fingerprint density at radius 3 is 2.88 bits per heavy atom. The number of hydrogen-bond donors (Lipinski definition) is 1. The summed E-state index contributed by atoms with van der Waals surface area (Å²) in [5.74, 6) is -2.26. The van der Waals surface area contributed by atoms with Gasteiger partial charge in [-0.3, -0.25) is 9.89 Å². The maximum atomic E-state index is 14.0. The summed E-state index contributed by atoms with van der Waals surface area (Å²) in [6.45, 7) is 4.47. The lowest BCUT2D eigenvalue weighted by Gasteiger charge is -2.25. The lowest BCUT2D eigenvalue weighted by Crippen LogP contribution is -2.37. The fourth-order valence-electron chi connectivity index (χ4n) is 2.87. The van der Waals surface area contributed by atoms with Gasteiger partial charge in [0.05, 0.1) is 38.1 Å². The van der Waals surface area contributed by atoms with Gasteiger partial charge in [-0.25, -0.2) is 13.6 Å². The molecule has 0 aromatic heterocycles. The van der Waals surface area contributed by atoms with Crippen LogP contribution >= 0.6 is 0 Å². The van der Waals surface area contributed by atoms with Crippen molar-refractivity contribution in [3.8, 4) is 0 Å². The van der Waals surface area contributed by atoms with Crippen molar-refractivity contribution >= 4 is 17.5 Å². The first-order valence-electron chi connectivity index (χ1n) is 7.79. The molecule has 1 N–H and O–H groups in total. The molecule has 1 fully saturated rings. The number of ether oxygens (including phenoxy) is 2. The number of anilines is 1. The monoisotopic (exact) mass is 339 g/mol. The Morgan fingerprint density at radius 2 is 2.17 bits per heavy atom. The van der Waals surface area contributed by atoms with E-state index in [4.69, 9.17) is 4.74 Å². The lowest BCUT2D eigenvalue weighted by molar-refractivity contribution is 0.0394. The minimum atomic E-state index is -1.09. The highest BCUT2D eigenvalue weighted by Crippen LogP contribution is 2.32. The van der Waals surface area contributed by atoms with E-state index in [9.17, 15) is 13.6 Å². The maximum absolute atomic E-state index is 14.0. The Balaban J connectivity index is 1.72. The van der Waals surface area contributed by atoms with E-state index in [0.29, 0.717) is 31.2 Å². The van der Waals surface area contributed by atoms with E-state index < -0.39 is 17.6 Å². The van der Waals surface area contributed by atoms with Crippen molar-refractivity contribution in [2.24, 2.45) is 4.99 Å². The van der Waals surface area contributed by atoms with Crippen molar-refractivity contribution in [1.82, 2.24) is 4.90 Å². The molecule has 1 saturated heterocycles. The molecule has 0 unspecified atom stereocenters. The van der Waals surface area contributed by atoms with Crippen molar-refractivity contribution in [1.29, 1.82) is 0 Å². The Bertz CT molecular complexity index is 673. The third kappa shape index (κ3) is 3.39. The average molecular weight is 339 g/mol. The molecule has 0 bridgehead atoms. The van der Waals surface area contributed by atoms with Gasteiger partial charge in [0.1, 0.15) is 5.84 Å². The van der Waals surface area contributed by atoms with Crippen LogP contribution in [0.3, 0.4) is 0 Å². The SMILES string of the molecule is COC(=O)c1cc(F)c(F)c2c1CC(=NCCN1CCOCC1)N2. The highest BCUT2D eigenvalue weighted by Gasteiger charge is 2.29. The van der Waals surface area contributed by atoms with Crippen molar-refractivity contribution < 1.29 is 23.0 Å². The van der Waals surface area contributed by atoms with Gasteiger partial charge < -0.3 is 14.8 Å². The summed E-state index contributed by atoms with van der Waals surface area (Å²) < 4.78 is 37.6. The van der Waals surface area contributed by atoms with Crippen LogP contribution in [-0.2, 0) is 15.9 Å². The number of hydrogen-bond acceptors (Lipinski definition) is 5. The van der Waals surface area contributed by atoms with Gasteiger partial charge in [0.2, 0.25) is 0 Å². The van der Waals surface area contributed by atoms with Gasteiger partial charge in [0.25, 0.3) is 0 Å². The number of morpholine rings is 1. The molecule has 3 rings (SSSR count). The summed E-state index contributed by atoms with van der Waals surface area (Å²) in [6.07, 6.45) is 0.250. The second-order valence-corrected chi connectivity index (χ2v) is 5.65. The fraction of sp³-hybridized carbons (Fsp3) is 0.500. The molecule has 130 valence electrons. The molecule has 8 heteroatoms. The smallest absolute Gasteiger partial charge is 0.338 e. The summed E-state index contributed by atoms with van der Waals surface area (Å²) in [4.78, 5) is 18.4. The molecule has 1 aromatic carbocycles. The van der Waals surface area contributed by atoms with E-state index in [1.807, 2.05) is 0 Å². The number of amidine groups is 1. The number of fused-ring (bicyclic) bond motifs is 1. The maximum Gasteiger partial charge on any atom is 0.338 e. The molecule has 2 aliphatic heterocycles. The number of nitrogens with zero attached hydrogens (tertiary/aromatic N) is 2. The first-order chi connectivity index (χ1) is 11.6. The molecule has 0 saturated carbocycles. The van der Waals surface area contributed by atoms with Crippen LogP contribution in [0.1, 0.15) is 15.9 Å². The third-order valence-electron chi connectivity index (χ3n) is 4.17. The lowest BCUT2D eigenvalue weighted by atomic mass is 10.0. The van der Waals surface area contributed by atoms with E-state index in [2.05, 4.69) is 19.9 Å². The summed E-state index contributed by atoms with van der Waals surface area (Å²) in [5, 5.41) is 2.78. The Hall–Kier alpha value is -2.06. The number of carbonyl (C=O) groups is 1. The van der Waals surface area contributed by atoms with E-state index in [0.717, 1.165) is 25.7 Å². The normalized spacial score (nSPS) is 19.2. The zero-order valence-corrected chi connectivity index (χ0v) is 13.4. The first kappa shape index (κ1) is 16.8. The molecule has 2 heterocycles. The molecule has 1 aromatic rings. The second kappa shape index (κ2) is 7.23. The number of rotatable bonds is 4. The Kier molecular flexibility index (Phi) is 5.06. The van der Waals surface area contributed by atoms with E-state index >= 15 is 0 Å². The number of methoxy groups -OCH3 is 1. The van der Waals surface area contributed by atoms with Gasteiger partial charge in [-0.2, -0.15) is 0 Å². The van der Waals surface area contributed by atoms with Gasteiger partial charge in [-0.15, -0.1) is 0 Å². The molecular formula is C16H19F2N3O3. The standard InChI is InChI=1S/C16H19F2N3O3/c1-23-16(22)11-8-12(17)14(18)15-10(11)9-13(20-15)19-2-3-21-4-6-24-7-5-21/h8H,2-7,9H2,1H3,(H,19,20). The molecule has 0 radical (unpaired) electrons. The van der Waals surface area contributed by atoms with Crippen LogP contribution in [-0.4, -0.2) is 63.2 Å². The zero-order valence-electron chi connectivity index (χ0n) is 13.4. The minimum absolute atomic E-state index is 0.0253. The van der Waals surface area contributed by atoms with E-state index in [-0.39, 0.29) is 17.7 Å². The third-order valence-corrected chi connectivity index (χ3v) is 4.17. The fourth-order valence-corrected chi connectivity index (χ4v) is 2.87. The van der Waals surface area contributed by atoms with Crippen LogP contribution in [0.15, 0.2) is 11.1 Å². The molecule has 0 amide bonds. The predicted molar refractivity (Wildman–Crippen MR) is 84.6 cm³/mol. The average Bonchev–Trinajstić information content (AvgIpc) is 3.03. The molecule has 0 spiro atoms. The number of nitrogens with one attached hydrogen (secondary N) is 1. The quantitative estimate of drug-likeness (QED) is 0.842. The second-order valence-electron chi connectivity index (χ2n) is 5.65. The summed E-state index contributed by atoms with van der Waals surface area (Å²) in [6, 6.07) is 0.873. The van der Waals surface area contributed by atoms with Crippen LogP contribution in [0.25, 0.3) is 0 Å². The van der Waals surface area contributed by atoms with Gasteiger partial charge in [-0.1, -0.05) is 0 Å². The van der Waals surface area contributed by atoms with E-state index in [1.54, 1.807) is 0 Å². The van der Waals surface area contributed by atoms with Crippen LogP contribution in [0.4, 0.5) is 14.5 Å². The van der Waals surface area contributed by atoms with Gasteiger partial charge in [0, 0.05) is 31.6 Å². The van der Waals surface area contributed by atoms with Crippen molar-refractivity contribution in [3.63, 3.8) is 0 Å².